The van der Waals surface area contributed by atoms with Gasteiger partial charge in [-0.2, -0.15) is 5.26 Å². The Morgan fingerprint density at radius 3 is 2.88 bits per heavy atom. The Morgan fingerprint density at radius 1 is 1.88 bits per heavy atom. The number of nitrogens with two attached hydrogens (primary N) is 1. The van der Waals surface area contributed by atoms with Gasteiger partial charge in [-0.25, -0.2) is 4.98 Å². The monoisotopic (exact) mass is 109 g/mol. The minimum atomic E-state index is 0.0292. The van der Waals surface area contributed by atoms with Gasteiger partial charge >= 0.3 is 0 Å². The normalized spacial score (nSPS) is 8.38. The molecule has 2 N–H and O–H groups in total. The van der Waals surface area contributed by atoms with E-state index in [2.05, 4.69) is 9.40 Å². The number of hydrogen-bond donors (Lipinski definition) is 1. The average molecular weight is 109 g/mol. The van der Waals surface area contributed by atoms with Crippen molar-refractivity contribution < 1.29 is 4.42 Å². The molecular weight excluding hydrogens is 106 g/mol. The second-order valence-corrected chi connectivity index (χ2v) is 1.17. The maximum absolute atomic E-state index is 8.11. The fourth-order valence-electron chi connectivity index (χ4n) is 0.339. The molecule has 1 heterocycles. The summed E-state index contributed by atoms with van der Waals surface area (Å²) in [6, 6.07) is 1.77. The first-order chi connectivity index (χ1) is 3.83. The molecule has 0 aliphatic rings. The van der Waals surface area contributed by atoms with Gasteiger partial charge in [0, 0.05) is 0 Å². The zero-order valence-electron chi connectivity index (χ0n) is 3.96. The van der Waals surface area contributed by atoms with Crippen LogP contribution in [0, 0.1) is 11.3 Å². The van der Waals surface area contributed by atoms with Crippen LogP contribution in [0.25, 0.3) is 0 Å². The number of oxazole rings is 1. The van der Waals surface area contributed by atoms with Gasteiger partial charge in [0.25, 0.3) is 6.01 Å². The third-order valence-corrected chi connectivity index (χ3v) is 0.634. The second kappa shape index (κ2) is 1.54. The van der Waals surface area contributed by atoms with Gasteiger partial charge in [-0.3, -0.25) is 0 Å². The molecule has 0 spiro atoms. The predicted molar refractivity (Wildman–Crippen MR) is 25.6 cm³/mol. The van der Waals surface area contributed by atoms with Crippen LogP contribution in [0.5, 0.6) is 0 Å². The van der Waals surface area contributed by atoms with E-state index in [9.17, 15) is 0 Å². The molecule has 0 aromatic carbocycles. The Balaban J connectivity index is 3.05. The summed E-state index contributed by atoms with van der Waals surface area (Å²) in [6.07, 6.45) is 1.27. The van der Waals surface area contributed by atoms with E-state index in [4.69, 9.17) is 11.0 Å². The summed E-state index contributed by atoms with van der Waals surface area (Å²) in [5.41, 5.74) is 5.03. The Hall–Kier alpha value is -1.50. The third kappa shape index (κ3) is 0.611. The van der Waals surface area contributed by atoms with Crippen LogP contribution in [0.1, 0.15) is 5.76 Å². The van der Waals surface area contributed by atoms with Crippen molar-refractivity contribution in [2.45, 2.75) is 0 Å². The summed E-state index contributed by atoms with van der Waals surface area (Å²) in [5, 5.41) is 8.11. The van der Waals surface area contributed by atoms with Crippen molar-refractivity contribution >= 4 is 6.01 Å². The topological polar surface area (TPSA) is 75.8 Å². The van der Waals surface area contributed by atoms with Crippen LogP contribution in [0.15, 0.2) is 10.6 Å². The van der Waals surface area contributed by atoms with Crippen LogP contribution in [-0.2, 0) is 0 Å². The fraction of sp³-hybridized carbons (Fsp3) is 0. The predicted octanol–water partition coefficient (Wildman–Crippen LogP) is 0.128. The standard InChI is InChI=1S/C4H3N3O/c5-1-3-2-7-4(6)8-3/h2H,(H2,6,7). The van der Waals surface area contributed by atoms with E-state index in [1.807, 2.05) is 0 Å². The number of rotatable bonds is 0. The molecule has 0 radical (unpaired) electrons. The SMILES string of the molecule is N#Cc1cnc(N)o1. The third-order valence-electron chi connectivity index (χ3n) is 0.634. The quantitative estimate of drug-likeness (QED) is 0.513. The average Bonchev–Trinajstić information content (AvgIpc) is 2.14. The molecule has 0 unspecified atom stereocenters. The van der Waals surface area contributed by atoms with Crippen LogP contribution >= 0.6 is 0 Å². The maximum atomic E-state index is 8.11. The largest absolute Gasteiger partial charge is 0.413 e. The molecular formula is C4H3N3O. The fourth-order valence-corrected chi connectivity index (χ4v) is 0.339. The highest BCUT2D eigenvalue weighted by Gasteiger charge is 1.94. The molecule has 0 amide bonds. The molecule has 1 rings (SSSR count). The van der Waals surface area contributed by atoms with Crippen molar-refractivity contribution in [2.24, 2.45) is 0 Å². The second-order valence-electron chi connectivity index (χ2n) is 1.17. The molecule has 8 heavy (non-hydrogen) atoms. The van der Waals surface area contributed by atoms with Crippen molar-refractivity contribution in [1.82, 2.24) is 4.98 Å². The van der Waals surface area contributed by atoms with Gasteiger partial charge in [0.2, 0.25) is 5.76 Å². The van der Waals surface area contributed by atoms with Crippen molar-refractivity contribution in [1.29, 1.82) is 5.26 Å². The Morgan fingerprint density at radius 2 is 2.62 bits per heavy atom. The lowest BCUT2D eigenvalue weighted by atomic mass is 10.6. The van der Waals surface area contributed by atoms with Crippen LogP contribution < -0.4 is 5.73 Å². The van der Waals surface area contributed by atoms with E-state index in [1.165, 1.54) is 6.20 Å². The summed E-state index contributed by atoms with van der Waals surface area (Å²) in [7, 11) is 0. The molecule has 40 valence electrons. The van der Waals surface area contributed by atoms with Crippen molar-refractivity contribution in [2.75, 3.05) is 5.73 Å². The lowest BCUT2D eigenvalue weighted by Gasteiger charge is -1.72. The lowest BCUT2D eigenvalue weighted by Crippen LogP contribution is -1.79. The van der Waals surface area contributed by atoms with E-state index in [0.29, 0.717) is 0 Å². The molecule has 1 aromatic rings. The van der Waals surface area contributed by atoms with Crippen molar-refractivity contribution in [3.8, 4) is 6.07 Å². The van der Waals surface area contributed by atoms with E-state index in [1.54, 1.807) is 6.07 Å². The molecule has 0 fully saturated rings. The molecule has 0 atom stereocenters. The van der Waals surface area contributed by atoms with Crippen molar-refractivity contribution in [3.05, 3.63) is 12.0 Å². The summed E-state index contributed by atoms with van der Waals surface area (Å²) < 4.78 is 4.54. The molecule has 0 aliphatic carbocycles. The first kappa shape index (κ1) is 4.65. The summed E-state index contributed by atoms with van der Waals surface area (Å²) in [6.45, 7) is 0. The molecule has 4 heteroatoms. The van der Waals surface area contributed by atoms with E-state index in [0.717, 1.165) is 0 Å². The smallest absolute Gasteiger partial charge is 0.293 e. The van der Waals surface area contributed by atoms with E-state index in [-0.39, 0.29) is 11.8 Å². The molecule has 4 nitrogen and oxygen atoms in total. The molecule has 0 saturated carbocycles. The summed E-state index contributed by atoms with van der Waals surface area (Å²) in [5.74, 6) is 0.141. The number of hydrogen-bond acceptors (Lipinski definition) is 4. The molecule has 1 aromatic heterocycles. The van der Waals surface area contributed by atoms with Crippen LogP contribution in [0.2, 0.25) is 0 Å². The van der Waals surface area contributed by atoms with Crippen molar-refractivity contribution in [3.63, 3.8) is 0 Å². The van der Waals surface area contributed by atoms with E-state index < -0.39 is 0 Å². The first-order valence-corrected chi connectivity index (χ1v) is 1.94. The maximum Gasteiger partial charge on any atom is 0.293 e. The highest BCUT2D eigenvalue weighted by molar-refractivity contribution is 5.19. The summed E-state index contributed by atoms with van der Waals surface area (Å²) in [4.78, 5) is 3.48. The number of nitriles is 1. The Bertz CT molecular complexity index is 221. The van der Waals surface area contributed by atoms with Gasteiger partial charge < -0.3 is 10.2 Å². The van der Waals surface area contributed by atoms with Gasteiger partial charge in [-0.1, -0.05) is 0 Å². The molecule has 0 saturated heterocycles. The molecule has 0 aliphatic heterocycles. The zero-order chi connectivity index (χ0) is 5.98. The number of anilines is 1. The van der Waals surface area contributed by atoms with Gasteiger partial charge in [-0.05, 0) is 0 Å². The minimum absolute atomic E-state index is 0.0292. The van der Waals surface area contributed by atoms with Crippen LogP contribution in [0.3, 0.4) is 0 Å². The molecule has 0 bridgehead atoms. The van der Waals surface area contributed by atoms with Gasteiger partial charge in [-0.15, -0.1) is 0 Å². The van der Waals surface area contributed by atoms with Gasteiger partial charge in [0.05, 0.1) is 6.20 Å². The van der Waals surface area contributed by atoms with Gasteiger partial charge in [0.1, 0.15) is 6.07 Å². The Labute approximate surface area is 45.5 Å². The summed E-state index contributed by atoms with van der Waals surface area (Å²) >= 11 is 0. The Kier molecular flexibility index (Phi) is 0.897. The lowest BCUT2D eigenvalue weighted by molar-refractivity contribution is 0.566. The highest BCUT2D eigenvalue weighted by atomic mass is 16.4. The number of aromatic nitrogens is 1. The number of nitrogen functional groups attached to an aromatic ring is 1. The van der Waals surface area contributed by atoms with Crippen LogP contribution in [-0.4, -0.2) is 4.98 Å². The highest BCUT2D eigenvalue weighted by Crippen LogP contribution is 2.00. The van der Waals surface area contributed by atoms with Crippen LogP contribution in [0.4, 0.5) is 6.01 Å². The van der Waals surface area contributed by atoms with Gasteiger partial charge in [0.15, 0.2) is 0 Å². The van der Waals surface area contributed by atoms with E-state index >= 15 is 0 Å². The first-order valence-electron chi connectivity index (χ1n) is 1.94. The number of nitrogens with zero attached hydrogens (tertiary/aromatic N) is 2. The zero-order valence-corrected chi connectivity index (χ0v) is 3.96. The minimum Gasteiger partial charge on any atom is -0.413 e.